The Kier molecular flexibility index (Phi) is 3.69. The zero-order chi connectivity index (χ0) is 13.3. The van der Waals surface area contributed by atoms with Gasteiger partial charge in [-0.15, -0.1) is 0 Å². The Morgan fingerprint density at radius 2 is 2.16 bits per heavy atom. The average molecular weight is 328 g/mol. The normalized spacial score (nSPS) is 18.6. The molecule has 1 saturated carbocycles. The van der Waals surface area contributed by atoms with E-state index in [2.05, 4.69) is 27.3 Å². The van der Waals surface area contributed by atoms with Crippen LogP contribution in [0.15, 0.2) is 16.6 Å². The highest BCUT2D eigenvalue weighted by molar-refractivity contribution is 9.10. The molecule has 0 bridgehead atoms. The Balaban J connectivity index is 1.57. The van der Waals surface area contributed by atoms with Gasteiger partial charge in [0.25, 0.3) is 0 Å². The fourth-order valence-electron chi connectivity index (χ4n) is 2.52. The Labute approximate surface area is 121 Å². The predicted octanol–water partition coefficient (Wildman–Crippen LogP) is 2.43. The maximum absolute atomic E-state index is 9.04. The van der Waals surface area contributed by atoms with Crippen LogP contribution in [-0.2, 0) is 6.54 Å². The molecule has 0 unspecified atom stereocenters. The highest BCUT2D eigenvalue weighted by Crippen LogP contribution is 2.48. The van der Waals surface area contributed by atoms with Crippen LogP contribution in [-0.4, -0.2) is 25.1 Å². The maximum atomic E-state index is 9.04. The van der Waals surface area contributed by atoms with E-state index in [1.165, 1.54) is 18.4 Å². The molecule has 0 atom stereocenters. The van der Waals surface area contributed by atoms with Crippen LogP contribution in [0, 0.1) is 5.41 Å². The lowest BCUT2D eigenvalue weighted by Gasteiger charge is -2.14. The first kappa shape index (κ1) is 13.2. The molecule has 1 aliphatic heterocycles. The molecular formula is C14H18BrNO3. The van der Waals surface area contributed by atoms with Gasteiger partial charge in [-0.2, -0.15) is 0 Å². The molecule has 2 N–H and O–H groups in total. The SMILES string of the molecule is OCCC1(CNCc2cc(Br)c3c(c2)OCO3)CC1. The van der Waals surface area contributed by atoms with Crippen molar-refractivity contribution in [3.05, 3.63) is 22.2 Å². The van der Waals surface area contributed by atoms with Crippen molar-refractivity contribution >= 4 is 15.9 Å². The van der Waals surface area contributed by atoms with E-state index in [-0.39, 0.29) is 6.61 Å². The number of benzene rings is 1. The lowest BCUT2D eigenvalue weighted by molar-refractivity contribution is 0.173. The second kappa shape index (κ2) is 5.31. The third-order valence-corrected chi connectivity index (χ3v) is 4.50. The van der Waals surface area contributed by atoms with Gasteiger partial charge in [-0.25, -0.2) is 0 Å². The molecule has 3 rings (SSSR count). The molecule has 1 aromatic rings. The fraction of sp³-hybridized carbons (Fsp3) is 0.571. The summed E-state index contributed by atoms with van der Waals surface area (Å²) in [5.41, 5.74) is 1.53. The maximum Gasteiger partial charge on any atom is 0.231 e. The van der Waals surface area contributed by atoms with Crippen molar-refractivity contribution in [2.75, 3.05) is 19.9 Å². The molecule has 2 aliphatic rings. The molecule has 5 heteroatoms. The number of nitrogens with one attached hydrogen (secondary N) is 1. The average Bonchev–Trinajstić information content (AvgIpc) is 2.97. The van der Waals surface area contributed by atoms with Crippen LogP contribution in [0.5, 0.6) is 11.5 Å². The number of ether oxygens (including phenoxy) is 2. The van der Waals surface area contributed by atoms with Crippen LogP contribution in [0.2, 0.25) is 0 Å². The van der Waals surface area contributed by atoms with Gasteiger partial charge < -0.3 is 19.9 Å². The van der Waals surface area contributed by atoms with Gasteiger partial charge in [0.1, 0.15) is 0 Å². The van der Waals surface area contributed by atoms with E-state index in [0.29, 0.717) is 12.2 Å². The van der Waals surface area contributed by atoms with E-state index in [0.717, 1.165) is 35.5 Å². The van der Waals surface area contributed by atoms with E-state index in [1.807, 2.05) is 6.07 Å². The molecule has 0 spiro atoms. The molecule has 104 valence electrons. The molecular weight excluding hydrogens is 310 g/mol. The number of hydrogen-bond acceptors (Lipinski definition) is 4. The number of aliphatic hydroxyl groups is 1. The Hall–Kier alpha value is -0.780. The number of halogens is 1. The molecule has 0 aromatic heterocycles. The quantitative estimate of drug-likeness (QED) is 0.842. The van der Waals surface area contributed by atoms with Crippen molar-refractivity contribution in [3.8, 4) is 11.5 Å². The van der Waals surface area contributed by atoms with Crippen LogP contribution in [0.3, 0.4) is 0 Å². The number of rotatable bonds is 6. The number of hydrogen-bond donors (Lipinski definition) is 2. The molecule has 0 saturated heterocycles. The molecule has 4 nitrogen and oxygen atoms in total. The topological polar surface area (TPSA) is 50.7 Å². The van der Waals surface area contributed by atoms with E-state index in [4.69, 9.17) is 14.6 Å². The van der Waals surface area contributed by atoms with Gasteiger partial charge in [-0.1, -0.05) is 0 Å². The van der Waals surface area contributed by atoms with Gasteiger partial charge in [0.05, 0.1) is 4.47 Å². The standard InChI is InChI=1S/C14H18BrNO3/c15-11-5-10(6-12-13(11)19-9-18-12)7-16-8-14(1-2-14)3-4-17/h5-6,16-17H,1-4,7-9H2. The molecule has 1 aromatic carbocycles. The summed E-state index contributed by atoms with van der Waals surface area (Å²) in [6.45, 7) is 2.36. The van der Waals surface area contributed by atoms with Gasteiger partial charge in [0.15, 0.2) is 11.5 Å². The largest absolute Gasteiger partial charge is 0.454 e. The van der Waals surface area contributed by atoms with Crippen molar-refractivity contribution in [2.24, 2.45) is 5.41 Å². The minimum absolute atomic E-state index is 0.289. The zero-order valence-corrected chi connectivity index (χ0v) is 12.3. The summed E-state index contributed by atoms with van der Waals surface area (Å²) in [4.78, 5) is 0. The summed E-state index contributed by atoms with van der Waals surface area (Å²) in [7, 11) is 0. The van der Waals surface area contributed by atoms with Crippen molar-refractivity contribution < 1.29 is 14.6 Å². The minimum Gasteiger partial charge on any atom is -0.454 e. The fourth-order valence-corrected chi connectivity index (χ4v) is 3.13. The van der Waals surface area contributed by atoms with Gasteiger partial charge in [-0.3, -0.25) is 0 Å². The third-order valence-electron chi connectivity index (χ3n) is 3.92. The monoisotopic (exact) mass is 327 g/mol. The highest BCUT2D eigenvalue weighted by atomic mass is 79.9. The van der Waals surface area contributed by atoms with E-state index < -0.39 is 0 Å². The number of aliphatic hydroxyl groups excluding tert-OH is 1. The van der Waals surface area contributed by atoms with Crippen LogP contribution >= 0.6 is 15.9 Å². The summed E-state index contributed by atoms with van der Waals surface area (Å²) in [6, 6.07) is 4.08. The van der Waals surface area contributed by atoms with Gasteiger partial charge in [0.2, 0.25) is 6.79 Å². The minimum atomic E-state index is 0.289. The summed E-state index contributed by atoms with van der Waals surface area (Å²) in [5.74, 6) is 1.60. The second-order valence-corrected chi connectivity index (χ2v) is 6.24. The summed E-state index contributed by atoms with van der Waals surface area (Å²) < 4.78 is 11.7. The number of fused-ring (bicyclic) bond motifs is 1. The van der Waals surface area contributed by atoms with Crippen LogP contribution in [0.4, 0.5) is 0 Å². The van der Waals surface area contributed by atoms with E-state index >= 15 is 0 Å². The third kappa shape index (κ3) is 2.88. The lowest BCUT2D eigenvalue weighted by atomic mass is 10.0. The molecule has 1 heterocycles. The Morgan fingerprint density at radius 1 is 1.32 bits per heavy atom. The first-order valence-corrected chi connectivity index (χ1v) is 7.41. The highest BCUT2D eigenvalue weighted by Gasteiger charge is 2.41. The predicted molar refractivity (Wildman–Crippen MR) is 75.3 cm³/mol. The summed E-state index contributed by atoms with van der Waals surface area (Å²) >= 11 is 3.50. The van der Waals surface area contributed by atoms with Gasteiger partial charge >= 0.3 is 0 Å². The van der Waals surface area contributed by atoms with Crippen LogP contribution < -0.4 is 14.8 Å². The van der Waals surface area contributed by atoms with Crippen molar-refractivity contribution in [2.45, 2.75) is 25.8 Å². The zero-order valence-electron chi connectivity index (χ0n) is 10.7. The first-order chi connectivity index (χ1) is 9.22. The van der Waals surface area contributed by atoms with Crippen molar-refractivity contribution in [1.29, 1.82) is 0 Å². The summed E-state index contributed by atoms with van der Waals surface area (Å²) in [5, 5.41) is 12.5. The molecule has 0 amide bonds. The van der Waals surface area contributed by atoms with Gasteiger partial charge in [0, 0.05) is 19.7 Å². The van der Waals surface area contributed by atoms with E-state index in [9.17, 15) is 0 Å². The van der Waals surface area contributed by atoms with E-state index in [1.54, 1.807) is 0 Å². The van der Waals surface area contributed by atoms with Crippen molar-refractivity contribution in [1.82, 2.24) is 5.32 Å². The van der Waals surface area contributed by atoms with Gasteiger partial charge in [-0.05, 0) is 58.3 Å². The molecule has 1 aliphatic carbocycles. The smallest absolute Gasteiger partial charge is 0.231 e. The molecule has 1 fully saturated rings. The van der Waals surface area contributed by atoms with Crippen LogP contribution in [0.25, 0.3) is 0 Å². The lowest BCUT2D eigenvalue weighted by Crippen LogP contribution is -2.24. The second-order valence-electron chi connectivity index (χ2n) is 5.39. The van der Waals surface area contributed by atoms with Crippen molar-refractivity contribution in [3.63, 3.8) is 0 Å². The Bertz CT molecular complexity index is 474. The first-order valence-electron chi connectivity index (χ1n) is 6.62. The summed E-state index contributed by atoms with van der Waals surface area (Å²) in [6.07, 6.45) is 3.36. The Morgan fingerprint density at radius 3 is 2.89 bits per heavy atom. The molecule has 0 radical (unpaired) electrons. The molecule has 19 heavy (non-hydrogen) atoms. The van der Waals surface area contributed by atoms with Crippen LogP contribution in [0.1, 0.15) is 24.8 Å².